The summed E-state index contributed by atoms with van der Waals surface area (Å²) >= 11 is 0. The molecule has 0 spiro atoms. The van der Waals surface area contributed by atoms with Crippen molar-refractivity contribution in [1.82, 2.24) is 9.97 Å². The zero-order valence-corrected chi connectivity index (χ0v) is 12.0. The van der Waals surface area contributed by atoms with Crippen LogP contribution in [0.4, 0.5) is 11.6 Å². The zero-order valence-electron chi connectivity index (χ0n) is 12.0. The van der Waals surface area contributed by atoms with E-state index in [4.69, 9.17) is 15.2 Å². The van der Waals surface area contributed by atoms with Crippen LogP contribution in [0.5, 0.6) is 11.6 Å². The highest BCUT2D eigenvalue weighted by atomic mass is 16.5. The van der Waals surface area contributed by atoms with Crippen molar-refractivity contribution in [2.45, 2.75) is 6.92 Å². The van der Waals surface area contributed by atoms with E-state index in [1.165, 1.54) is 14.2 Å². The lowest BCUT2D eigenvalue weighted by Gasteiger charge is -2.09. The number of amides is 1. The Labute approximate surface area is 122 Å². The molecule has 110 valence electrons. The second-order valence-corrected chi connectivity index (χ2v) is 4.28. The van der Waals surface area contributed by atoms with Gasteiger partial charge in [0.2, 0.25) is 11.8 Å². The number of nitrogen functional groups attached to an aromatic ring is 1. The van der Waals surface area contributed by atoms with Crippen LogP contribution in [0.1, 0.15) is 16.1 Å². The lowest BCUT2D eigenvalue weighted by Crippen LogP contribution is -2.16. The Morgan fingerprint density at radius 3 is 2.62 bits per heavy atom. The number of carbonyl (C=O) groups excluding carboxylic acids is 1. The number of nitrogens with two attached hydrogens (primary N) is 1. The summed E-state index contributed by atoms with van der Waals surface area (Å²) < 4.78 is 10.1. The van der Waals surface area contributed by atoms with E-state index in [0.29, 0.717) is 28.6 Å². The van der Waals surface area contributed by atoms with Crippen molar-refractivity contribution in [2.24, 2.45) is 0 Å². The molecule has 2 aromatic rings. The lowest BCUT2D eigenvalue weighted by atomic mass is 10.1. The van der Waals surface area contributed by atoms with Crippen molar-refractivity contribution < 1.29 is 14.3 Å². The van der Waals surface area contributed by atoms with E-state index in [0.717, 1.165) is 0 Å². The molecule has 1 aromatic heterocycles. The maximum atomic E-state index is 12.2. The molecule has 7 heteroatoms. The normalized spacial score (nSPS) is 10.0. The number of hydrogen-bond acceptors (Lipinski definition) is 6. The highest BCUT2D eigenvalue weighted by Crippen LogP contribution is 2.20. The highest BCUT2D eigenvalue weighted by Gasteiger charge is 2.13. The minimum absolute atomic E-state index is 0.152. The molecule has 3 N–H and O–H groups in total. The van der Waals surface area contributed by atoms with Crippen LogP contribution >= 0.6 is 0 Å². The van der Waals surface area contributed by atoms with Gasteiger partial charge in [-0.05, 0) is 25.1 Å². The van der Waals surface area contributed by atoms with E-state index in [9.17, 15) is 4.79 Å². The summed E-state index contributed by atoms with van der Waals surface area (Å²) in [5, 5.41) is 2.59. The van der Waals surface area contributed by atoms with Crippen LogP contribution in [0.25, 0.3) is 0 Å². The number of nitrogens with one attached hydrogen (secondary N) is 1. The average Bonchev–Trinajstić information content (AvgIpc) is 2.46. The Bertz CT molecular complexity index is 673. The number of anilines is 2. The van der Waals surface area contributed by atoms with E-state index < -0.39 is 5.91 Å². The van der Waals surface area contributed by atoms with Crippen LogP contribution in [0.15, 0.2) is 24.3 Å². The minimum Gasteiger partial charge on any atom is -0.497 e. The molecule has 0 fully saturated rings. The number of aromatic nitrogens is 2. The summed E-state index contributed by atoms with van der Waals surface area (Å²) in [6.45, 7) is 1.78. The first-order chi connectivity index (χ1) is 10.0. The van der Waals surface area contributed by atoms with Gasteiger partial charge < -0.3 is 15.2 Å². The molecular weight excluding hydrogens is 272 g/mol. The van der Waals surface area contributed by atoms with E-state index >= 15 is 0 Å². The molecule has 21 heavy (non-hydrogen) atoms. The molecule has 1 heterocycles. The van der Waals surface area contributed by atoms with Gasteiger partial charge in [0.05, 0.1) is 19.8 Å². The number of methoxy groups -OCH3 is 2. The third kappa shape index (κ3) is 3.38. The summed E-state index contributed by atoms with van der Waals surface area (Å²) in [6, 6.07) is 6.50. The molecule has 0 saturated heterocycles. The topological polar surface area (TPSA) is 99.4 Å². The Morgan fingerprint density at radius 2 is 1.95 bits per heavy atom. The zero-order chi connectivity index (χ0) is 15.4. The molecule has 0 saturated carbocycles. The Morgan fingerprint density at radius 1 is 1.19 bits per heavy atom. The fourth-order valence-corrected chi connectivity index (χ4v) is 1.73. The van der Waals surface area contributed by atoms with Crippen LogP contribution in [-0.2, 0) is 0 Å². The van der Waals surface area contributed by atoms with Gasteiger partial charge in [-0.25, -0.2) is 4.98 Å². The van der Waals surface area contributed by atoms with E-state index in [-0.39, 0.29) is 5.95 Å². The third-order valence-corrected chi connectivity index (χ3v) is 2.77. The van der Waals surface area contributed by atoms with E-state index in [1.54, 1.807) is 31.2 Å². The van der Waals surface area contributed by atoms with Crippen LogP contribution in [0.2, 0.25) is 0 Å². The van der Waals surface area contributed by atoms with Gasteiger partial charge in [-0.3, -0.25) is 10.1 Å². The number of ether oxygens (including phenoxy) is 2. The van der Waals surface area contributed by atoms with Crippen LogP contribution in [-0.4, -0.2) is 30.1 Å². The van der Waals surface area contributed by atoms with Gasteiger partial charge in [0.25, 0.3) is 5.91 Å². The van der Waals surface area contributed by atoms with Crippen molar-refractivity contribution in [3.8, 4) is 11.6 Å². The van der Waals surface area contributed by atoms with E-state index in [1.807, 2.05) is 0 Å². The predicted octanol–water partition coefficient (Wildman–Crippen LogP) is 1.64. The molecule has 0 unspecified atom stereocenters. The van der Waals surface area contributed by atoms with Gasteiger partial charge in [-0.15, -0.1) is 0 Å². The smallest absolute Gasteiger partial charge is 0.260 e. The summed E-state index contributed by atoms with van der Waals surface area (Å²) in [7, 11) is 3.01. The van der Waals surface area contributed by atoms with Crippen molar-refractivity contribution in [1.29, 1.82) is 0 Å². The second-order valence-electron chi connectivity index (χ2n) is 4.28. The van der Waals surface area contributed by atoms with Crippen LogP contribution in [0.3, 0.4) is 0 Å². The molecule has 1 amide bonds. The standard InChI is InChI=1S/C14H16N4O3/c1-8-6-12(21-3)17-14(16-8)18-13(19)10-7-9(20-2)4-5-11(10)15/h4-7H,15H2,1-3H3,(H,16,17,18,19). The van der Waals surface area contributed by atoms with Crippen molar-refractivity contribution >= 4 is 17.5 Å². The largest absolute Gasteiger partial charge is 0.497 e. The first kappa shape index (κ1) is 14.6. The average molecular weight is 288 g/mol. The minimum atomic E-state index is -0.418. The van der Waals surface area contributed by atoms with Crippen molar-refractivity contribution in [2.75, 3.05) is 25.3 Å². The maximum absolute atomic E-state index is 12.2. The van der Waals surface area contributed by atoms with Crippen LogP contribution < -0.4 is 20.5 Å². The molecular formula is C14H16N4O3. The van der Waals surface area contributed by atoms with Gasteiger partial charge in [0.15, 0.2) is 0 Å². The van der Waals surface area contributed by atoms with E-state index in [2.05, 4.69) is 15.3 Å². The molecule has 0 atom stereocenters. The molecule has 7 nitrogen and oxygen atoms in total. The molecule has 0 aliphatic heterocycles. The van der Waals surface area contributed by atoms with Gasteiger partial charge in [-0.1, -0.05) is 0 Å². The molecule has 0 radical (unpaired) electrons. The summed E-state index contributed by atoms with van der Waals surface area (Å²) in [4.78, 5) is 20.4. The quantitative estimate of drug-likeness (QED) is 0.830. The number of rotatable bonds is 4. The number of carbonyl (C=O) groups is 1. The molecule has 1 aromatic carbocycles. The number of benzene rings is 1. The van der Waals surface area contributed by atoms with Crippen molar-refractivity contribution in [3.63, 3.8) is 0 Å². The Hall–Kier alpha value is -2.83. The fraction of sp³-hybridized carbons (Fsp3) is 0.214. The first-order valence-electron chi connectivity index (χ1n) is 6.18. The molecule has 0 aliphatic carbocycles. The predicted molar refractivity (Wildman–Crippen MR) is 78.7 cm³/mol. The first-order valence-corrected chi connectivity index (χ1v) is 6.18. The number of hydrogen-bond donors (Lipinski definition) is 2. The lowest BCUT2D eigenvalue weighted by molar-refractivity contribution is 0.102. The molecule has 0 aliphatic rings. The summed E-state index contributed by atoms with van der Waals surface area (Å²) in [5.41, 5.74) is 7.11. The van der Waals surface area contributed by atoms with Gasteiger partial charge in [0.1, 0.15) is 5.75 Å². The monoisotopic (exact) mass is 288 g/mol. The highest BCUT2D eigenvalue weighted by molar-refractivity contribution is 6.07. The number of aryl methyl sites for hydroxylation is 1. The summed E-state index contributed by atoms with van der Waals surface area (Å²) in [6.07, 6.45) is 0. The van der Waals surface area contributed by atoms with Gasteiger partial charge >= 0.3 is 0 Å². The van der Waals surface area contributed by atoms with Gasteiger partial charge in [-0.2, -0.15) is 4.98 Å². The van der Waals surface area contributed by atoms with Crippen LogP contribution in [0, 0.1) is 6.92 Å². The molecule has 2 rings (SSSR count). The SMILES string of the molecule is COc1ccc(N)c(C(=O)Nc2nc(C)cc(OC)n2)c1. The Balaban J connectivity index is 2.27. The van der Waals surface area contributed by atoms with Crippen molar-refractivity contribution in [3.05, 3.63) is 35.5 Å². The van der Waals surface area contributed by atoms with Gasteiger partial charge in [0, 0.05) is 17.4 Å². The Kier molecular flexibility index (Phi) is 4.22. The fourth-order valence-electron chi connectivity index (χ4n) is 1.73. The third-order valence-electron chi connectivity index (χ3n) is 2.77. The molecule has 0 bridgehead atoms. The maximum Gasteiger partial charge on any atom is 0.260 e. The number of nitrogens with zero attached hydrogens (tertiary/aromatic N) is 2. The second kappa shape index (κ2) is 6.08. The summed E-state index contributed by atoms with van der Waals surface area (Å²) in [5.74, 6) is 0.645.